The summed E-state index contributed by atoms with van der Waals surface area (Å²) in [7, 11) is -3.68. The van der Waals surface area contributed by atoms with Crippen molar-refractivity contribution in [1.29, 1.82) is 0 Å². The first-order valence-corrected chi connectivity index (χ1v) is 6.64. The van der Waals surface area contributed by atoms with E-state index in [0.717, 1.165) is 12.8 Å². The molecule has 0 amide bonds. The van der Waals surface area contributed by atoms with Crippen molar-refractivity contribution in [2.24, 2.45) is 5.92 Å². The Hall–Kier alpha value is -0.180. The highest BCUT2D eigenvalue weighted by Crippen LogP contribution is 2.42. The summed E-state index contributed by atoms with van der Waals surface area (Å²) in [5, 5.41) is 0. The third-order valence-corrected chi connectivity index (χ3v) is 3.09. The van der Waals surface area contributed by atoms with E-state index in [9.17, 15) is 14.3 Å². The van der Waals surface area contributed by atoms with Crippen LogP contribution < -0.4 is 0 Å². The molecule has 0 aromatic heterocycles. The summed E-state index contributed by atoms with van der Waals surface area (Å²) >= 11 is 0. The average molecular weight is 222 g/mol. The second-order valence-corrected chi connectivity index (χ2v) is 5.45. The molecule has 0 aliphatic heterocycles. The molecular formula is C9H19O4P. The van der Waals surface area contributed by atoms with E-state index in [-0.39, 0.29) is 24.5 Å². The van der Waals surface area contributed by atoms with Gasteiger partial charge in [-0.3, -0.25) is 9.36 Å². The molecule has 0 bridgehead atoms. The monoisotopic (exact) mass is 222 g/mol. The first-order valence-electron chi connectivity index (χ1n) is 4.88. The third kappa shape index (κ3) is 6.30. The van der Waals surface area contributed by atoms with Gasteiger partial charge in [-0.1, -0.05) is 27.2 Å². The molecule has 1 atom stereocenters. The van der Waals surface area contributed by atoms with Crippen molar-refractivity contribution in [3.8, 4) is 0 Å². The number of carbonyl (C=O) groups excluding carboxylic acids is 1. The van der Waals surface area contributed by atoms with Crippen molar-refractivity contribution in [1.82, 2.24) is 0 Å². The van der Waals surface area contributed by atoms with Crippen molar-refractivity contribution in [3.63, 3.8) is 0 Å². The number of unbranched alkanes of at least 4 members (excludes halogenated alkanes) is 1. The lowest BCUT2D eigenvalue weighted by Gasteiger charge is -2.12. The van der Waals surface area contributed by atoms with Gasteiger partial charge in [-0.05, 0) is 6.42 Å². The number of hydrogen-bond donors (Lipinski definition) is 1. The van der Waals surface area contributed by atoms with Gasteiger partial charge >= 0.3 is 7.60 Å². The second-order valence-electron chi connectivity index (χ2n) is 3.60. The van der Waals surface area contributed by atoms with Gasteiger partial charge in [0, 0.05) is 5.92 Å². The van der Waals surface area contributed by atoms with E-state index in [0.29, 0.717) is 0 Å². The molecule has 0 radical (unpaired) electrons. The topological polar surface area (TPSA) is 63.6 Å². The molecule has 4 nitrogen and oxygen atoms in total. The van der Waals surface area contributed by atoms with E-state index in [1.54, 1.807) is 13.8 Å². The molecule has 14 heavy (non-hydrogen) atoms. The number of hydrogen-bond acceptors (Lipinski definition) is 3. The molecule has 0 saturated heterocycles. The number of ketones is 1. The van der Waals surface area contributed by atoms with Gasteiger partial charge in [0.05, 0.1) is 6.61 Å². The Morgan fingerprint density at radius 3 is 2.50 bits per heavy atom. The van der Waals surface area contributed by atoms with Crippen LogP contribution in [0, 0.1) is 5.92 Å². The van der Waals surface area contributed by atoms with Gasteiger partial charge in [0.2, 0.25) is 0 Å². The summed E-state index contributed by atoms with van der Waals surface area (Å²) in [6, 6.07) is 0. The molecule has 0 spiro atoms. The zero-order valence-electron chi connectivity index (χ0n) is 9.02. The van der Waals surface area contributed by atoms with Crippen LogP contribution in [-0.2, 0) is 13.9 Å². The number of carbonyl (C=O) groups is 1. The van der Waals surface area contributed by atoms with E-state index in [4.69, 9.17) is 4.52 Å². The summed E-state index contributed by atoms with van der Waals surface area (Å²) in [6.07, 6.45) is 1.27. The molecule has 1 unspecified atom stereocenters. The molecule has 5 heteroatoms. The van der Waals surface area contributed by atoms with E-state index >= 15 is 0 Å². The van der Waals surface area contributed by atoms with Crippen LogP contribution in [0.1, 0.15) is 33.6 Å². The summed E-state index contributed by atoms with van der Waals surface area (Å²) in [5.41, 5.74) is 0. The molecule has 0 rings (SSSR count). The zero-order chi connectivity index (χ0) is 11.2. The van der Waals surface area contributed by atoms with Gasteiger partial charge < -0.3 is 9.42 Å². The summed E-state index contributed by atoms with van der Waals surface area (Å²) in [5.74, 6) is -0.447. The van der Waals surface area contributed by atoms with Crippen LogP contribution in [0.3, 0.4) is 0 Å². The van der Waals surface area contributed by atoms with Crippen LogP contribution in [0.2, 0.25) is 0 Å². The maximum absolute atomic E-state index is 11.3. The molecule has 1 N–H and O–H groups in total. The van der Waals surface area contributed by atoms with Gasteiger partial charge in [-0.15, -0.1) is 0 Å². The summed E-state index contributed by atoms with van der Waals surface area (Å²) in [4.78, 5) is 20.5. The average Bonchev–Trinajstić information content (AvgIpc) is 2.03. The standard InChI is InChI=1S/C9H19O4P/c1-4-5-6-13-14(11,12)7-9(10)8(2)3/h8H,4-7H2,1-3H3,(H,11,12). The predicted octanol–water partition coefficient (Wildman–Crippen LogP) is 2.21. The Morgan fingerprint density at radius 1 is 1.50 bits per heavy atom. The van der Waals surface area contributed by atoms with Crippen LogP contribution in [0.4, 0.5) is 0 Å². The molecule has 0 heterocycles. The second kappa shape index (κ2) is 6.33. The first-order chi connectivity index (χ1) is 6.39. The van der Waals surface area contributed by atoms with Crippen molar-refractivity contribution in [2.45, 2.75) is 33.6 Å². The third-order valence-electron chi connectivity index (χ3n) is 1.79. The highest BCUT2D eigenvalue weighted by Gasteiger charge is 2.24. The lowest BCUT2D eigenvalue weighted by molar-refractivity contribution is -0.119. The minimum atomic E-state index is -3.68. The maximum atomic E-state index is 11.3. The Bertz CT molecular complexity index is 225. The van der Waals surface area contributed by atoms with Crippen molar-refractivity contribution in [3.05, 3.63) is 0 Å². The lowest BCUT2D eigenvalue weighted by Crippen LogP contribution is -2.13. The van der Waals surface area contributed by atoms with Crippen LogP contribution >= 0.6 is 7.60 Å². The largest absolute Gasteiger partial charge is 0.335 e. The fraction of sp³-hybridized carbons (Fsp3) is 0.889. The summed E-state index contributed by atoms with van der Waals surface area (Å²) < 4.78 is 16.1. The van der Waals surface area contributed by atoms with Gasteiger partial charge in [-0.2, -0.15) is 0 Å². The fourth-order valence-corrected chi connectivity index (χ4v) is 2.04. The highest BCUT2D eigenvalue weighted by atomic mass is 31.2. The Labute approximate surface area is 85.2 Å². The molecule has 0 saturated carbocycles. The van der Waals surface area contributed by atoms with Crippen molar-refractivity contribution >= 4 is 13.4 Å². The summed E-state index contributed by atoms with van der Waals surface area (Å²) in [6.45, 7) is 5.61. The van der Waals surface area contributed by atoms with Crippen molar-refractivity contribution in [2.75, 3.05) is 12.8 Å². The Kier molecular flexibility index (Phi) is 6.25. The quantitative estimate of drug-likeness (QED) is 0.530. The molecule has 84 valence electrons. The lowest BCUT2D eigenvalue weighted by atomic mass is 10.1. The number of Topliss-reactive ketones (excluding diaryl/α,β-unsaturated/α-hetero) is 1. The molecule has 0 aromatic rings. The predicted molar refractivity (Wildman–Crippen MR) is 55.4 cm³/mol. The molecule has 0 fully saturated rings. The van der Waals surface area contributed by atoms with Gasteiger partial charge in [0.15, 0.2) is 0 Å². The molecule has 0 aliphatic carbocycles. The van der Waals surface area contributed by atoms with Gasteiger partial charge in [0.25, 0.3) is 0 Å². The normalized spacial score (nSPS) is 15.5. The van der Waals surface area contributed by atoms with Crippen LogP contribution in [0.15, 0.2) is 0 Å². The SMILES string of the molecule is CCCCOP(=O)(O)CC(=O)C(C)C. The zero-order valence-corrected chi connectivity index (χ0v) is 9.92. The highest BCUT2D eigenvalue weighted by molar-refractivity contribution is 7.53. The van der Waals surface area contributed by atoms with Gasteiger partial charge in [-0.25, -0.2) is 0 Å². The van der Waals surface area contributed by atoms with Gasteiger partial charge in [0.1, 0.15) is 11.9 Å². The van der Waals surface area contributed by atoms with Crippen LogP contribution in [0.5, 0.6) is 0 Å². The maximum Gasteiger partial charge on any atom is 0.335 e. The number of rotatable bonds is 7. The van der Waals surface area contributed by atoms with Crippen molar-refractivity contribution < 1.29 is 18.8 Å². The fourth-order valence-electron chi connectivity index (χ4n) is 0.777. The Morgan fingerprint density at radius 2 is 2.07 bits per heavy atom. The van der Waals surface area contributed by atoms with Crippen LogP contribution in [0.25, 0.3) is 0 Å². The smallest absolute Gasteiger partial charge is 0.324 e. The minimum absolute atomic E-state index is 0.217. The van der Waals surface area contributed by atoms with E-state index < -0.39 is 7.60 Å². The molecular weight excluding hydrogens is 203 g/mol. The van der Waals surface area contributed by atoms with E-state index in [1.807, 2.05) is 6.92 Å². The van der Waals surface area contributed by atoms with E-state index in [2.05, 4.69) is 0 Å². The minimum Gasteiger partial charge on any atom is -0.324 e. The first kappa shape index (κ1) is 13.8. The molecule has 0 aromatic carbocycles. The molecule has 0 aliphatic rings. The van der Waals surface area contributed by atoms with E-state index in [1.165, 1.54) is 0 Å². The Balaban J connectivity index is 3.95. The van der Waals surface area contributed by atoms with Crippen LogP contribution in [-0.4, -0.2) is 23.4 Å².